The molecule has 0 aliphatic rings. The van der Waals surface area contributed by atoms with Gasteiger partial charge in [0.15, 0.2) is 0 Å². The Morgan fingerprint density at radius 1 is 1.25 bits per heavy atom. The lowest BCUT2D eigenvalue weighted by molar-refractivity contribution is 0.448. The standard InChI is InChI=1S/C14H24N2/c1-3-5-8-13(15-4-2)10-11-14-9-6-7-12-16-14/h6-7,9,12-13,15H,3-5,8,10-11H2,1-2H3. The second-order valence-electron chi connectivity index (χ2n) is 4.26. The molecule has 1 unspecified atom stereocenters. The SMILES string of the molecule is CCCCC(CCc1ccccn1)NCC. The number of nitrogens with zero attached hydrogens (tertiary/aromatic N) is 1. The van der Waals surface area contributed by atoms with Gasteiger partial charge in [-0.05, 0) is 37.9 Å². The number of aromatic nitrogens is 1. The summed E-state index contributed by atoms with van der Waals surface area (Å²) in [5.41, 5.74) is 1.21. The van der Waals surface area contributed by atoms with Crippen LogP contribution in [0.15, 0.2) is 24.4 Å². The molecule has 16 heavy (non-hydrogen) atoms. The predicted octanol–water partition coefficient (Wildman–Crippen LogP) is 3.18. The molecule has 0 bridgehead atoms. The van der Waals surface area contributed by atoms with Crippen LogP contribution >= 0.6 is 0 Å². The Morgan fingerprint density at radius 3 is 2.75 bits per heavy atom. The molecule has 0 aliphatic carbocycles. The molecule has 90 valence electrons. The van der Waals surface area contributed by atoms with E-state index in [4.69, 9.17) is 0 Å². The quantitative estimate of drug-likeness (QED) is 0.728. The summed E-state index contributed by atoms with van der Waals surface area (Å²) < 4.78 is 0. The van der Waals surface area contributed by atoms with Crippen molar-refractivity contribution in [2.45, 2.75) is 52.0 Å². The molecule has 1 aromatic rings. The summed E-state index contributed by atoms with van der Waals surface area (Å²) in [4.78, 5) is 4.36. The Morgan fingerprint density at radius 2 is 2.12 bits per heavy atom. The topological polar surface area (TPSA) is 24.9 Å². The van der Waals surface area contributed by atoms with Gasteiger partial charge in [0.1, 0.15) is 0 Å². The maximum Gasteiger partial charge on any atom is 0.0404 e. The summed E-state index contributed by atoms with van der Waals surface area (Å²) >= 11 is 0. The zero-order valence-corrected chi connectivity index (χ0v) is 10.6. The number of rotatable bonds is 8. The third-order valence-corrected chi connectivity index (χ3v) is 2.87. The lowest BCUT2D eigenvalue weighted by atomic mass is 10.0. The van der Waals surface area contributed by atoms with E-state index in [-0.39, 0.29) is 0 Å². The minimum Gasteiger partial charge on any atom is -0.314 e. The van der Waals surface area contributed by atoms with Gasteiger partial charge in [-0.3, -0.25) is 4.98 Å². The first kappa shape index (κ1) is 13.2. The van der Waals surface area contributed by atoms with Crippen molar-refractivity contribution in [3.05, 3.63) is 30.1 Å². The van der Waals surface area contributed by atoms with Crippen molar-refractivity contribution in [1.29, 1.82) is 0 Å². The maximum absolute atomic E-state index is 4.36. The van der Waals surface area contributed by atoms with Gasteiger partial charge in [-0.25, -0.2) is 0 Å². The highest BCUT2D eigenvalue weighted by atomic mass is 14.9. The van der Waals surface area contributed by atoms with Gasteiger partial charge in [0.2, 0.25) is 0 Å². The van der Waals surface area contributed by atoms with Crippen molar-refractivity contribution < 1.29 is 0 Å². The van der Waals surface area contributed by atoms with Crippen LogP contribution in [-0.4, -0.2) is 17.6 Å². The van der Waals surface area contributed by atoms with Crippen LogP contribution < -0.4 is 5.32 Å². The lowest BCUT2D eigenvalue weighted by Crippen LogP contribution is -2.29. The largest absolute Gasteiger partial charge is 0.314 e. The van der Waals surface area contributed by atoms with Crippen LogP contribution in [0.5, 0.6) is 0 Å². The molecule has 0 saturated carbocycles. The predicted molar refractivity (Wildman–Crippen MR) is 69.5 cm³/mol. The highest BCUT2D eigenvalue weighted by Gasteiger charge is 2.06. The van der Waals surface area contributed by atoms with E-state index in [1.54, 1.807) is 0 Å². The minimum atomic E-state index is 0.659. The molecular weight excluding hydrogens is 196 g/mol. The molecule has 0 fully saturated rings. The van der Waals surface area contributed by atoms with Gasteiger partial charge >= 0.3 is 0 Å². The molecule has 1 atom stereocenters. The molecule has 0 saturated heterocycles. The summed E-state index contributed by atoms with van der Waals surface area (Å²) in [6.07, 6.45) is 8.05. The second kappa shape index (κ2) is 8.28. The molecule has 2 nitrogen and oxygen atoms in total. The van der Waals surface area contributed by atoms with Crippen molar-refractivity contribution in [3.63, 3.8) is 0 Å². The van der Waals surface area contributed by atoms with Crippen molar-refractivity contribution >= 4 is 0 Å². The Kier molecular flexibility index (Phi) is 6.82. The number of hydrogen-bond acceptors (Lipinski definition) is 2. The Balaban J connectivity index is 2.31. The van der Waals surface area contributed by atoms with Crippen LogP contribution in [0.3, 0.4) is 0 Å². The molecule has 0 spiro atoms. The van der Waals surface area contributed by atoms with E-state index in [1.165, 1.54) is 31.4 Å². The first-order valence-corrected chi connectivity index (χ1v) is 6.50. The van der Waals surface area contributed by atoms with E-state index in [1.807, 2.05) is 12.3 Å². The van der Waals surface area contributed by atoms with Crippen LogP contribution in [0.1, 0.15) is 45.2 Å². The van der Waals surface area contributed by atoms with Gasteiger partial charge in [0, 0.05) is 17.9 Å². The number of nitrogens with one attached hydrogen (secondary N) is 1. The monoisotopic (exact) mass is 220 g/mol. The number of hydrogen-bond donors (Lipinski definition) is 1. The highest BCUT2D eigenvalue weighted by molar-refractivity contribution is 5.03. The molecule has 1 N–H and O–H groups in total. The van der Waals surface area contributed by atoms with Crippen molar-refractivity contribution in [2.75, 3.05) is 6.54 Å². The molecule has 0 aliphatic heterocycles. The van der Waals surface area contributed by atoms with Crippen molar-refractivity contribution in [3.8, 4) is 0 Å². The maximum atomic E-state index is 4.36. The Hall–Kier alpha value is -0.890. The van der Waals surface area contributed by atoms with E-state index >= 15 is 0 Å². The molecular formula is C14H24N2. The molecule has 1 rings (SSSR count). The summed E-state index contributed by atoms with van der Waals surface area (Å²) in [5, 5.41) is 3.56. The molecule has 2 heteroatoms. The van der Waals surface area contributed by atoms with Gasteiger partial charge in [-0.1, -0.05) is 32.8 Å². The van der Waals surface area contributed by atoms with Crippen LogP contribution in [0, 0.1) is 0 Å². The van der Waals surface area contributed by atoms with Gasteiger partial charge in [0.05, 0.1) is 0 Å². The highest BCUT2D eigenvalue weighted by Crippen LogP contribution is 2.08. The van der Waals surface area contributed by atoms with Crippen LogP contribution in [0.4, 0.5) is 0 Å². The Bertz CT molecular complexity index is 259. The molecule has 1 aromatic heterocycles. The van der Waals surface area contributed by atoms with Crippen LogP contribution in [-0.2, 0) is 6.42 Å². The van der Waals surface area contributed by atoms with Gasteiger partial charge in [-0.2, -0.15) is 0 Å². The fourth-order valence-corrected chi connectivity index (χ4v) is 1.96. The van der Waals surface area contributed by atoms with E-state index in [0.29, 0.717) is 6.04 Å². The van der Waals surface area contributed by atoms with Crippen molar-refractivity contribution in [1.82, 2.24) is 10.3 Å². The number of aryl methyl sites for hydroxylation is 1. The summed E-state index contributed by atoms with van der Waals surface area (Å²) in [6.45, 7) is 5.50. The third kappa shape index (κ3) is 5.26. The first-order chi connectivity index (χ1) is 7.86. The zero-order chi connectivity index (χ0) is 11.6. The number of unbranched alkanes of at least 4 members (excludes halogenated alkanes) is 1. The molecule has 0 amide bonds. The fraction of sp³-hybridized carbons (Fsp3) is 0.643. The third-order valence-electron chi connectivity index (χ3n) is 2.87. The average molecular weight is 220 g/mol. The van der Waals surface area contributed by atoms with E-state index in [9.17, 15) is 0 Å². The normalized spacial score (nSPS) is 12.6. The van der Waals surface area contributed by atoms with E-state index in [0.717, 1.165) is 13.0 Å². The van der Waals surface area contributed by atoms with Gasteiger partial charge in [0.25, 0.3) is 0 Å². The minimum absolute atomic E-state index is 0.659. The smallest absolute Gasteiger partial charge is 0.0404 e. The lowest BCUT2D eigenvalue weighted by Gasteiger charge is -2.17. The van der Waals surface area contributed by atoms with E-state index < -0.39 is 0 Å². The van der Waals surface area contributed by atoms with Crippen LogP contribution in [0.2, 0.25) is 0 Å². The number of pyridine rings is 1. The van der Waals surface area contributed by atoms with Crippen LogP contribution in [0.25, 0.3) is 0 Å². The molecule has 1 heterocycles. The zero-order valence-electron chi connectivity index (χ0n) is 10.6. The second-order valence-corrected chi connectivity index (χ2v) is 4.26. The van der Waals surface area contributed by atoms with E-state index in [2.05, 4.69) is 36.3 Å². The molecule has 0 aromatic carbocycles. The Labute approximate surface area is 99.5 Å². The first-order valence-electron chi connectivity index (χ1n) is 6.50. The van der Waals surface area contributed by atoms with Crippen molar-refractivity contribution in [2.24, 2.45) is 0 Å². The summed E-state index contributed by atoms with van der Waals surface area (Å²) in [5.74, 6) is 0. The summed E-state index contributed by atoms with van der Waals surface area (Å²) in [7, 11) is 0. The molecule has 0 radical (unpaired) electrons. The fourth-order valence-electron chi connectivity index (χ4n) is 1.96. The average Bonchev–Trinajstić information content (AvgIpc) is 2.34. The summed E-state index contributed by atoms with van der Waals surface area (Å²) in [6, 6.07) is 6.81. The van der Waals surface area contributed by atoms with Gasteiger partial charge in [-0.15, -0.1) is 0 Å². The van der Waals surface area contributed by atoms with Gasteiger partial charge < -0.3 is 5.32 Å².